The first-order valence-electron chi connectivity index (χ1n) is 10.9. The van der Waals surface area contributed by atoms with Crippen molar-refractivity contribution in [3.8, 4) is 22.8 Å². The Balaban J connectivity index is 1.67. The lowest BCUT2D eigenvalue weighted by molar-refractivity contribution is 0.520. The van der Waals surface area contributed by atoms with Gasteiger partial charge < -0.3 is 0 Å². The Labute approximate surface area is 206 Å². The van der Waals surface area contributed by atoms with Crippen molar-refractivity contribution in [2.24, 2.45) is 0 Å². The van der Waals surface area contributed by atoms with E-state index in [9.17, 15) is 17.6 Å². The van der Waals surface area contributed by atoms with Crippen molar-refractivity contribution in [2.45, 2.75) is 11.8 Å². The molecule has 182 valence electrons. The Morgan fingerprint density at radius 2 is 1.81 bits per heavy atom. The van der Waals surface area contributed by atoms with Crippen LogP contribution < -0.4 is 5.43 Å². The molecule has 0 bridgehead atoms. The molecule has 0 aliphatic carbocycles. The summed E-state index contributed by atoms with van der Waals surface area (Å²) in [5.74, 6) is -0.421. The van der Waals surface area contributed by atoms with Gasteiger partial charge in [-0.3, -0.25) is 9.78 Å². The zero-order valence-electron chi connectivity index (χ0n) is 19.6. The summed E-state index contributed by atoms with van der Waals surface area (Å²) in [6.07, 6.45) is 2.99. The fraction of sp³-hybridized carbons (Fsp3) is 0.120. The molecule has 0 atom stereocenters. The van der Waals surface area contributed by atoms with Gasteiger partial charge in [0.05, 0.1) is 33.7 Å². The zero-order chi connectivity index (χ0) is 25.6. The number of hydrogen-bond acceptors (Lipinski definition) is 6. The van der Waals surface area contributed by atoms with Crippen LogP contribution in [0.1, 0.15) is 5.69 Å². The Hall–Kier alpha value is -4.22. The number of nitrogens with zero attached hydrogens (tertiary/aromatic N) is 6. The van der Waals surface area contributed by atoms with Crippen molar-refractivity contribution in [3.63, 3.8) is 0 Å². The molecule has 9 nitrogen and oxygen atoms in total. The van der Waals surface area contributed by atoms with Crippen LogP contribution in [0.2, 0.25) is 0 Å². The first-order valence-corrected chi connectivity index (χ1v) is 12.3. The quantitative estimate of drug-likeness (QED) is 0.364. The molecule has 11 heteroatoms. The fourth-order valence-corrected chi connectivity index (χ4v) is 4.83. The molecular formula is C25H21FN6O3S. The van der Waals surface area contributed by atoms with Crippen molar-refractivity contribution in [1.29, 1.82) is 0 Å². The van der Waals surface area contributed by atoms with Crippen LogP contribution in [0.4, 0.5) is 4.39 Å². The maximum atomic E-state index is 14.1. The summed E-state index contributed by atoms with van der Waals surface area (Å²) >= 11 is 0. The molecule has 0 N–H and O–H groups in total. The van der Waals surface area contributed by atoms with Crippen LogP contribution >= 0.6 is 0 Å². The van der Waals surface area contributed by atoms with Gasteiger partial charge in [0, 0.05) is 37.4 Å². The Bertz CT molecular complexity index is 1790. The summed E-state index contributed by atoms with van der Waals surface area (Å²) in [4.78, 5) is 17.4. The average molecular weight is 505 g/mol. The summed E-state index contributed by atoms with van der Waals surface area (Å²) in [7, 11) is -0.753. The van der Waals surface area contributed by atoms with E-state index in [0.717, 1.165) is 4.31 Å². The third-order valence-electron chi connectivity index (χ3n) is 5.66. The second-order valence-corrected chi connectivity index (χ2v) is 10.5. The van der Waals surface area contributed by atoms with Crippen LogP contribution in [0.15, 0.2) is 82.7 Å². The summed E-state index contributed by atoms with van der Waals surface area (Å²) < 4.78 is 43.3. The monoisotopic (exact) mass is 504 g/mol. The molecule has 0 aliphatic rings. The van der Waals surface area contributed by atoms with Gasteiger partial charge in [0.1, 0.15) is 5.82 Å². The van der Waals surface area contributed by atoms with E-state index in [1.165, 1.54) is 66.2 Å². The molecule has 3 aromatic heterocycles. The van der Waals surface area contributed by atoms with Crippen molar-refractivity contribution < 1.29 is 12.8 Å². The lowest BCUT2D eigenvalue weighted by Crippen LogP contribution is -2.22. The van der Waals surface area contributed by atoms with Crippen molar-refractivity contribution in [3.05, 3.63) is 94.8 Å². The van der Waals surface area contributed by atoms with Gasteiger partial charge in [0.25, 0.3) is 0 Å². The molecular weight excluding hydrogens is 483 g/mol. The molecule has 5 rings (SSSR count). The number of rotatable bonds is 5. The normalized spacial score (nSPS) is 11.9. The molecule has 0 fully saturated rings. The predicted octanol–water partition coefficient (Wildman–Crippen LogP) is 3.33. The number of aryl methyl sites for hydroxylation is 1. The lowest BCUT2D eigenvalue weighted by atomic mass is 10.1. The second kappa shape index (κ2) is 8.77. The van der Waals surface area contributed by atoms with E-state index in [1.54, 1.807) is 30.3 Å². The summed E-state index contributed by atoms with van der Waals surface area (Å²) in [5.41, 5.74) is 2.42. The van der Waals surface area contributed by atoms with Crippen molar-refractivity contribution >= 4 is 20.9 Å². The number of hydrogen-bond donors (Lipinski definition) is 0. The molecule has 2 aromatic carbocycles. The van der Waals surface area contributed by atoms with E-state index in [2.05, 4.69) is 15.2 Å². The van der Waals surface area contributed by atoms with Gasteiger partial charge >= 0.3 is 0 Å². The van der Waals surface area contributed by atoms with E-state index in [1.807, 2.05) is 6.92 Å². The molecule has 0 saturated carbocycles. The molecule has 0 aliphatic heterocycles. The van der Waals surface area contributed by atoms with Crippen LogP contribution in [0.5, 0.6) is 0 Å². The third kappa shape index (κ3) is 4.08. The Morgan fingerprint density at radius 1 is 1.00 bits per heavy atom. The summed E-state index contributed by atoms with van der Waals surface area (Å²) in [5, 5.41) is 9.42. The van der Waals surface area contributed by atoms with Gasteiger partial charge in [0.2, 0.25) is 15.5 Å². The molecule has 0 radical (unpaired) electrons. The highest BCUT2D eigenvalue weighted by atomic mass is 32.2. The van der Waals surface area contributed by atoms with E-state index < -0.39 is 15.8 Å². The van der Waals surface area contributed by atoms with Crippen LogP contribution in [0.25, 0.3) is 33.7 Å². The first kappa shape index (κ1) is 23.5. The van der Waals surface area contributed by atoms with E-state index in [0.29, 0.717) is 33.7 Å². The van der Waals surface area contributed by atoms with Gasteiger partial charge in [-0.25, -0.2) is 26.5 Å². The van der Waals surface area contributed by atoms with Crippen LogP contribution in [0.3, 0.4) is 0 Å². The lowest BCUT2D eigenvalue weighted by Gasteiger charge is -2.14. The number of pyridine rings is 1. The molecule has 0 amide bonds. The number of benzene rings is 2. The number of halogens is 1. The SMILES string of the molecule is Cc1cc(-n2nccc2-c2nn(-c3cccc(S(=O)(=O)N(C)C)c3)ccc2=O)c2cc(F)ccc2n1. The predicted molar refractivity (Wildman–Crippen MR) is 133 cm³/mol. The smallest absolute Gasteiger partial charge is 0.242 e. The maximum absolute atomic E-state index is 14.1. The van der Waals surface area contributed by atoms with Gasteiger partial charge in [-0.05, 0) is 55.5 Å². The van der Waals surface area contributed by atoms with Crippen molar-refractivity contribution in [2.75, 3.05) is 14.1 Å². The topological polar surface area (TPSA) is 103 Å². The van der Waals surface area contributed by atoms with Gasteiger partial charge in [-0.2, -0.15) is 10.2 Å². The molecule has 0 unspecified atom stereocenters. The molecule has 36 heavy (non-hydrogen) atoms. The van der Waals surface area contributed by atoms with E-state index >= 15 is 0 Å². The second-order valence-electron chi connectivity index (χ2n) is 8.33. The first-order chi connectivity index (χ1) is 17.1. The highest BCUT2D eigenvalue weighted by Crippen LogP contribution is 2.27. The van der Waals surface area contributed by atoms with Crippen molar-refractivity contribution in [1.82, 2.24) is 28.9 Å². The minimum absolute atomic E-state index is 0.0925. The fourth-order valence-electron chi connectivity index (χ4n) is 3.88. The van der Waals surface area contributed by atoms with Gasteiger partial charge in [-0.15, -0.1) is 0 Å². The Morgan fingerprint density at radius 3 is 2.58 bits per heavy atom. The maximum Gasteiger partial charge on any atom is 0.242 e. The molecule has 3 heterocycles. The van der Waals surface area contributed by atoms with E-state index in [-0.39, 0.29) is 16.0 Å². The zero-order valence-corrected chi connectivity index (χ0v) is 20.4. The number of aromatic nitrogens is 5. The highest BCUT2D eigenvalue weighted by molar-refractivity contribution is 7.89. The van der Waals surface area contributed by atoms with E-state index in [4.69, 9.17) is 0 Å². The largest absolute Gasteiger partial charge is 0.287 e. The summed E-state index contributed by atoms with van der Waals surface area (Å²) in [6.45, 7) is 1.82. The minimum Gasteiger partial charge on any atom is -0.287 e. The van der Waals surface area contributed by atoms with Crippen LogP contribution in [0, 0.1) is 12.7 Å². The molecule has 5 aromatic rings. The van der Waals surface area contributed by atoms with Gasteiger partial charge in [-0.1, -0.05) is 6.07 Å². The number of sulfonamides is 1. The van der Waals surface area contributed by atoms with Crippen LogP contribution in [-0.2, 0) is 10.0 Å². The average Bonchev–Trinajstić information content (AvgIpc) is 3.33. The molecule has 0 spiro atoms. The molecule has 0 saturated heterocycles. The van der Waals surface area contributed by atoms with Crippen LogP contribution in [-0.4, -0.2) is 51.4 Å². The Kier molecular flexibility index (Phi) is 5.73. The highest BCUT2D eigenvalue weighted by Gasteiger charge is 2.19. The minimum atomic E-state index is -3.66. The third-order valence-corrected chi connectivity index (χ3v) is 7.47. The standard InChI is InChI=1S/C25H21FN6O3S/c1-16-13-23(20-14-17(26)7-8-21(20)28-16)32-22(9-11-27-32)25-24(33)10-12-31(29-25)18-5-4-6-19(15-18)36(34,35)30(2)3/h4-15H,1-3H3. The van der Waals surface area contributed by atoms with Gasteiger partial charge in [0.15, 0.2) is 5.69 Å². The summed E-state index contributed by atoms with van der Waals surface area (Å²) in [6, 6.07) is 15.3. The number of fused-ring (bicyclic) bond motifs is 1.